The summed E-state index contributed by atoms with van der Waals surface area (Å²) < 4.78 is 69.4. The lowest BCUT2D eigenvalue weighted by molar-refractivity contribution is -0.134. The van der Waals surface area contributed by atoms with E-state index in [1.54, 1.807) is 4.90 Å². The molecule has 2 saturated carbocycles. The smallest absolute Gasteiger partial charge is 0.286 e. The number of carbonyl (C=O) groups is 1. The molecule has 0 radical (unpaired) electrons. The summed E-state index contributed by atoms with van der Waals surface area (Å²) in [7, 11) is -8.02. The van der Waals surface area contributed by atoms with Crippen LogP contribution in [0.1, 0.15) is 24.8 Å². The third-order valence-electron chi connectivity index (χ3n) is 7.88. The molecule has 2 heterocycles. The number of benzene rings is 2. The normalized spacial score (nSPS) is 27.1. The molecule has 10 nitrogen and oxygen atoms in total. The van der Waals surface area contributed by atoms with Gasteiger partial charge in [-0.2, -0.15) is 8.42 Å². The van der Waals surface area contributed by atoms with E-state index in [0.29, 0.717) is 5.56 Å². The minimum atomic E-state index is -4.37. The topological polar surface area (TPSA) is 145 Å². The lowest BCUT2D eigenvalue weighted by Crippen LogP contribution is -2.53. The molecule has 2 aliphatic heterocycles. The van der Waals surface area contributed by atoms with Crippen molar-refractivity contribution in [2.45, 2.75) is 36.7 Å². The first kappa shape index (κ1) is 26.1. The van der Waals surface area contributed by atoms with Crippen LogP contribution in [0.4, 0.5) is 15.8 Å². The van der Waals surface area contributed by atoms with Crippen molar-refractivity contribution < 1.29 is 31.1 Å². The first-order valence-corrected chi connectivity index (χ1v) is 16.0. The summed E-state index contributed by atoms with van der Waals surface area (Å²) >= 11 is 5.98. The van der Waals surface area contributed by atoms with E-state index in [2.05, 4.69) is 14.4 Å². The Morgan fingerprint density at radius 3 is 2.67 bits per heavy atom. The maximum atomic E-state index is 14.0. The first-order valence-electron chi connectivity index (χ1n) is 12.2. The minimum Gasteiger partial charge on any atom is -0.511 e. The van der Waals surface area contributed by atoms with Crippen LogP contribution in [0.15, 0.2) is 57.0 Å². The number of halogens is 2. The second-order valence-electron chi connectivity index (χ2n) is 10.4. The fourth-order valence-electron chi connectivity index (χ4n) is 6.43. The third-order valence-corrected chi connectivity index (χ3v) is 10.1. The molecule has 0 saturated heterocycles. The van der Waals surface area contributed by atoms with Gasteiger partial charge in [0.2, 0.25) is 10.0 Å². The van der Waals surface area contributed by atoms with Gasteiger partial charge in [-0.1, -0.05) is 17.7 Å². The zero-order valence-electron chi connectivity index (χ0n) is 20.6. The molecule has 4 aliphatic rings. The van der Waals surface area contributed by atoms with Gasteiger partial charge in [0.1, 0.15) is 22.0 Å². The van der Waals surface area contributed by atoms with Crippen molar-refractivity contribution in [1.29, 1.82) is 0 Å². The monoisotopic (exact) mass is 594 g/mol. The average molecular weight is 595 g/mol. The second-order valence-corrected chi connectivity index (χ2v) is 14.1. The van der Waals surface area contributed by atoms with E-state index in [1.807, 2.05) is 0 Å². The number of fused-ring (bicyclic) bond motifs is 6. The maximum absolute atomic E-state index is 14.0. The quantitative estimate of drug-likeness (QED) is 0.479. The van der Waals surface area contributed by atoms with Crippen LogP contribution in [0.25, 0.3) is 0 Å². The Morgan fingerprint density at radius 2 is 1.95 bits per heavy atom. The summed E-state index contributed by atoms with van der Waals surface area (Å²) in [5, 5.41) is 14.2. The van der Waals surface area contributed by atoms with Crippen LogP contribution in [0.5, 0.6) is 0 Å². The van der Waals surface area contributed by atoms with Gasteiger partial charge in [0.25, 0.3) is 15.9 Å². The highest BCUT2D eigenvalue weighted by Gasteiger charge is 2.57. The van der Waals surface area contributed by atoms with Gasteiger partial charge in [-0.3, -0.25) is 9.52 Å². The Bertz CT molecular complexity index is 1710. The van der Waals surface area contributed by atoms with Crippen LogP contribution < -0.4 is 10.0 Å². The number of hydrogen-bond donors (Lipinski definition) is 3. The van der Waals surface area contributed by atoms with Crippen LogP contribution >= 0.6 is 11.6 Å². The van der Waals surface area contributed by atoms with E-state index in [9.17, 15) is 31.1 Å². The average Bonchev–Trinajstić information content (AvgIpc) is 3.46. The Balaban J connectivity index is 1.41. The van der Waals surface area contributed by atoms with Gasteiger partial charge in [-0.15, -0.1) is 4.40 Å². The van der Waals surface area contributed by atoms with Crippen molar-refractivity contribution in [1.82, 2.24) is 4.90 Å². The van der Waals surface area contributed by atoms with Crippen molar-refractivity contribution in [3.63, 3.8) is 0 Å². The minimum absolute atomic E-state index is 0.0324. The number of aliphatic hydroxyl groups excluding tert-OH is 1. The summed E-state index contributed by atoms with van der Waals surface area (Å²) in [6, 6.07) is 7.78. The number of sulfonamides is 2. The fraction of sp³-hybridized carbons (Fsp3) is 0.360. The molecule has 2 aromatic rings. The molecule has 39 heavy (non-hydrogen) atoms. The van der Waals surface area contributed by atoms with E-state index in [1.165, 1.54) is 30.3 Å². The van der Waals surface area contributed by atoms with Gasteiger partial charge >= 0.3 is 0 Å². The molecule has 2 aliphatic carbocycles. The highest BCUT2D eigenvalue weighted by molar-refractivity contribution is 7.92. The van der Waals surface area contributed by atoms with E-state index < -0.39 is 31.8 Å². The van der Waals surface area contributed by atoms with E-state index in [-0.39, 0.29) is 68.8 Å². The van der Waals surface area contributed by atoms with E-state index in [4.69, 9.17) is 11.6 Å². The highest BCUT2D eigenvalue weighted by atomic mass is 35.5. The molecule has 3 N–H and O–H groups in total. The molecule has 206 valence electrons. The van der Waals surface area contributed by atoms with Gasteiger partial charge in [0.05, 0.1) is 17.0 Å². The lowest BCUT2D eigenvalue weighted by Gasteiger charge is -2.44. The Kier molecular flexibility index (Phi) is 5.97. The number of amidine groups is 1. The van der Waals surface area contributed by atoms with Crippen molar-refractivity contribution in [3.05, 3.63) is 64.1 Å². The molecule has 2 fully saturated rings. The SMILES string of the molecule is CS(=O)(=O)Nc1ccc2c(c1)S(=O)(=O)N=C(C1=C(O)C3C([C@H]4CC[C@@H]3C4)N(Cc3ccc(F)c(Cl)c3)C1=O)N2. The van der Waals surface area contributed by atoms with E-state index in [0.717, 1.165) is 31.6 Å². The van der Waals surface area contributed by atoms with Gasteiger partial charge in [-0.25, -0.2) is 12.8 Å². The summed E-state index contributed by atoms with van der Waals surface area (Å²) in [4.78, 5) is 15.3. The number of amides is 1. The molecule has 4 atom stereocenters. The van der Waals surface area contributed by atoms with Crippen molar-refractivity contribution >= 4 is 54.8 Å². The van der Waals surface area contributed by atoms with Gasteiger partial charge in [0.15, 0.2) is 5.84 Å². The number of rotatable bonds is 5. The van der Waals surface area contributed by atoms with Crippen LogP contribution in [0.2, 0.25) is 5.02 Å². The number of nitrogens with zero attached hydrogens (tertiary/aromatic N) is 2. The number of aliphatic hydroxyl groups is 1. The standard InChI is InChI=1S/C25H24ClFN4O6S2/c1-38(34,35)29-15-5-7-18-19(10-15)39(36,37)30-24(28-18)21-23(32)20-13-3-4-14(9-13)22(20)31(25(21)33)11-12-2-6-17(27)16(26)8-12/h2,5-8,10,13-14,20,22,29,32H,3-4,9,11H2,1H3,(H,28,30)/t13-,14+,20?,22?/m1/s1. The molecule has 0 aromatic heterocycles. The Morgan fingerprint density at radius 1 is 1.21 bits per heavy atom. The number of carbonyl (C=O) groups excluding carboxylic acids is 1. The molecule has 2 aromatic carbocycles. The zero-order valence-corrected chi connectivity index (χ0v) is 22.9. The fourth-order valence-corrected chi connectivity index (χ4v) is 8.34. The zero-order chi connectivity index (χ0) is 27.9. The Hall–Kier alpha value is -3.16. The molecular weight excluding hydrogens is 571 g/mol. The van der Waals surface area contributed by atoms with Crippen molar-refractivity contribution in [3.8, 4) is 0 Å². The van der Waals surface area contributed by atoms with Crippen LogP contribution in [0, 0.1) is 23.6 Å². The highest BCUT2D eigenvalue weighted by Crippen LogP contribution is 2.55. The number of nitrogens with one attached hydrogen (secondary N) is 2. The van der Waals surface area contributed by atoms with Gasteiger partial charge in [-0.05, 0) is 67.0 Å². The van der Waals surface area contributed by atoms with Crippen LogP contribution in [-0.4, -0.2) is 50.9 Å². The van der Waals surface area contributed by atoms with Crippen LogP contribution in [-0.2, 0) is 31.4 Å². The molecule has 0 spiro atoms. The van der Waals surface area contributed by atoms with Crippen molar-refractivity contribution in [2.75, 3.05) is 16.3 Å². The van der Waals surface area contributed by atoms with Gasteiger partial charge < -0.3 is 15.3 Å². The lowest BCUT2D eigenvalue weighted by atomic mass is 9.77. The van der Waals surface area contributed by atoms with E-state index >= 15 is 0 Å². The van der Waals surface area contributed by atoms with Crippen molar-refractivity contribution in [2.24, 2.45) is 22.2 Å². The Labute approximate surface area is 229 Å². The maximum Gasteiger partial charge on any atom is 0.286 e. The van der Waals surface area contributed by atoms with Crippen LogP contribution in [0.3, 0.4) is 0 Å². The predicted molar refractivity (Wildman–Crippen MR) is 143 cm³/mol. The summed E-state index contributed by atoms with van der Waals surface area (Å²) in [5.41, 5.74) is 0.480. The third kappa shape index (κ3) is 4.45. The number of anilines is 2. The summed E-state index contributed by atoms with van der Waals surface area (Å²) in [6.45, 7) is 0.0944. The molecule has 6 rings (SSSR count). The molecule has 2 unspecified atom stereocenters. The largest absolute Gasteiger partial charge is 0.511 e. The molecule has 2 bridgehead atoms. The molecule has 1 amide bonds. The van der Waals surface area contributed by atoms with Gasteiger partial charge in [0, 0.05) is 24.2 Å². The summed E-state index contributed by atoms with van der Waals surface area (Å²) in [5.74, 6) is -1.76. The predicted octanol–water partition coefficient (Wildman–Crippen LogP) is 3.63. The summed E-state index contributed by atoms with van der Waals surface area (Å²) in [6.07, 6.45) is 3.56. The second kappa shape index (κ2) is 8.93. The number of hydrogen-bond acceptors (Lipinski definition) is 7. The molecular formula is C25H24ClFN4O6S2. The molecule has 14 heteroatoms. The first-order chi connectivity index (χ1) is 18.3.